The van der Waals surface area contributed by atoms with Crippen LogP contribution >= 0.6 is 0 Å². The summed E-state index contributed by atoms with van der Waals surface area (Å²) in [5.74, 6) is 5.30. The molecule has 0 spiro atoms. The molecule has 6 nitrogen and oxygen atoms in total. The Kier molecular flexibility index (Phi) is 6.88. The lowest BCUT2D eigenvalue weighted by molar-refractivity contribution is -0.137. The number of methoxy groups -OCH3 is 1. The van der Waals surface area contributed by atoms with Crippen molar-refractivity contribution in [2.45, 2.75) is 32.4 Å². The zero-order chi connectivity index (χ0) is 20.6. The van der Waals surface area contributed by atoms with Gasteiger partial charge in [-0.15, -0.1) is 5.92 Å². The summed E-state index contributed by atoms with van der Waals surface area (Å²) in [5, 5.41) is 14.5. The molecule has 3 rings (SSSR count). The van der Waals surface area contributed by atoms with E-state index in [0.29, 0.717) is 19.8 Å². The number of carbonyl (C=O) groups is 1. The number of fused-ring (bicyclic) bond motifs is 1. The summed E-state index contributed by atoms with van der Waals surface area (Å²) in [5.41, 5.74) is 2.99. The standard InChI is InChI=1S/C23H24N2O4/c1-3-4-19(14-23(26)27)18-6-8-21(9-7-18)29-16-17-5-10-22-20(13-17)15-24-25(22)11-12-28-2/h5-10,13,15,19H,11-12,14,16H2,1-2H3,(H,26,27)/t19-/m0/s1. The molecule has 0 fully saturated rings. The number of rotatable bonds is 9. The van der Waals surface area contributed by atoms with Crippen molar-refractivity contribution in [3.63, 3.8) is 0 Å². The molecule has 0 radical (unpaired) electrons. The molecule has 0 saturated heterocycles. The summed E-state index contributed by atoms with van der Waals surface area (Å²) in [6, 6.07) is 13.6. The van der Waals surface area contributed by atoms with E-state index in [2.05, 4.69) is 23.0 Å². The van der Waals surface area contributed by atoms with Crippen LogP contribution in [0.25, 0.3) is 10.9 Å². The molecule has 0 aliphatic heterocycles. The van der Waals surface area contributed by atoms with Gasteiger partial charge < -0.3 is 14.6 Å². The van der Waals surface area contributed by atoms with Crippen LogP contribution in [-0.4, -0.2) is 34.6 Å². The number of hydrogen-bond donors (Lipinski definition) is 1. The highest BCUT2D eigenvalue weighted by Gasteiger charge is 2.13. The van der Waals surface area contributed by atoms with E-state index < -0.39 is 5.97 Å². The fourth-order valence-electron chi connectivity index (χ4n) is 3.15. The lowest BCUT2D eigenvalue weighted by atomic mass is 9.96. The molecule has 0 aliphatic rings. The Bertz CT molecular complexity index is 1030. The van der Waals surface area contributed by atoms with E-state index in [1.807, 2.05) is 47.3 Å². The van der Waals surface area contributed by atoms with Crippen molar-refractivity contribution in [2.24, 2.45) is 0 Å². The molecule has 3 aromatic rings. The van der Waals surface area contributed by atoms with Crippen LogP contribution < -0.4 is 4.74 Å². The maximum Gasteiger partial charge on any atom is 0.304 e. The van der Waals surface area contributed by atoms with Crippen molar-refractivity contribution in [3.8, 4) is 17.6 Å². The first-order chi connectivity index (χ1) is 14.1. The van der Waals surface area contributed by atoms with Crippen molar-refractivity contribution < 1.29 is 19.4 Å². The summed E-state index contributed by atoms with van der Waals surface area (Å²) in [7, 11) is 1.68. The van der Waals surface area contributed by atoms with Crippen LogP contribution in [-0.2, 0) is 22.7 Å². The van der Waals surface area contributed by atoms with Gasteiger partial charge in [0.05, 0.1) is 37.2 Å². The number of ether oxygens (including phenoxy) is 2. The second kappa shape index (κ2) is 9.76. The van der Waals surface area contributed by atoms with Crippen LogP contribution in [0.5, 0.6) is 5.75 Å². The smallest absolute Gasteiger partial charge is 0.304 e. The molecule has 2 aromatic carbocycles. The normalized spacial score (nSPS) is 11.7. The van der Waals surface area contributed by atoms with Crippen LogP contribution in [0.1, 0.15) is 30.4 Å². The molecule has 0 unspecified atom stereocenters. The van der Waals surface area contributed by atoms with Gasteiger partial charge in [0.25, 0.3) is 0 Å². The van der Waals surface area contributed by atoms with Crippen molar-refractivity contribution in [3.05, 3.63) is 59.8 Å². The quantitative estimate of drug-likeness (QED) is 0.560. The number of hydrogen-bond acceptors (Lipinski definition) is 4. The highest BCUT2D eigenvalue weighted by molar-refractivity contribution is 5.79. The highest BCUT2D eigenvalue weighted by atomic mass is 16.5. The molecule has 29 heavy (non-hydrogen) atoms. The molecular formula is C23H24N2O4. The zero-order valence-corrected chi connectivity index (χ0v) is 16.6. The number of nitrogens with zero attached hydrogens (tertiary/aromatic N) is 2. The van der Waals surface area contributed by atoms with Crippen LogP contribution in [0, 0.1) is 11.8 Å². The van der Waals surface area contributed by atoms with E-state index in [1.165, 1.54) is 0 Å². The van der Waals surface area contributed by atoms with Crippen LogP contribution in [0.2, 0.25) is 0 Å². The SMILES string of the molecule is CC#C[C@@H](CC(=O)O)c1ccc(OCc2ccc3c(cnn3CCOC)c2)cc1. The van der Waals surface area contributed by atoms with Gasteiger partial charge in [0.1, 0.15) is 12.4 Å². The number of aromatic nitrogens is 2. The monoisotopic (exact) mass is 392 g/mol. The summed E-state index contributed by atoms with van der Waals surface area (Å²) in [4.78, 5) is 11.0. The Balaban J connectivity index is 1.65. The number of carboxylic acids is 1. The molecule has 0 saturated carbocycles. The third-order valence-corrected chi connectivity index (χ3v) is 4.60. The van der Waals surface area contributed by atoms with Crippen molar-refractivity contribution >= 4 is 16.9 Å². The van der Waals surface area contributed by atoms with Crippen molar-refractivity contribution in [2.75, 3.05) is 13.7 Å². The first-order valence-electron chi connectivity index (χ1n) is 9.41. The van der Waals surface area contributed by atoms with E-state index >= 15 is 0 Å². The maximum atomic E-state index is 11.0. The zero-order valence-electron chi connectivity index (χ0n) is 16.6. The van der Waals surface area contributed by atoms with Crippen molar-refractivity contribution in [1.82, 2.24) is 9.78 Å². The van der Waals surface area contributed by atoms with E-state index in [-0.39, 0.29) is 12.3 Å². The van der Waals surface area contributed by atoms with Crippen LogP contribution in [0.15, 0.2) is 48.7 Å². The van der Waals surface area contributed by atoms with Crippen LogP contribution in [0.4, 0.5) is 0 Å². The third-order valence-electron chi connectivity index (χ3n) is 4.60. The van der Waals surface area contributed by atoms with E-state index in [9.17, 15) is 4.79 Å². The molecule has 0 aliphatic carbocycles. The van der Waals surface area contributed by atoms with Gasteiger partial charge in [-0.25, -0.2) is 0 Å². The molecule has 6 heteroatoms. The van der Waals surface area contributed by atoms with Gasteiger partial charge in [-0.05, 0) is 42.3 Å². The minimum absolute atomic E-state index is 0.0148. The minimum Gasteiger partial charge on any atom is -0.489 e. The van der Waals surface area contributed by atoms with E-state index in [0.717, 1.165) is 27.8 Å². The van der Waals surface area contributed by atoms with E-state index in [1.54, 1.807) is 14.0 Å². The van der Waals surface area contributed by atoms with Gasteiger partial charge >= 0.3 is 5.97 Å². The first-order valence-corrected chi connectivity index (χ1v) is 9.41. The molecular weight excluding hydrogens is 368 g/mol. The molecule has 150 valence electrons. The Labute approximate surface area is 170 Å². The molecule has 1 N–H and O–H groups in total. The fraction of sp³-hybridized carbons (Fsp3) is 0.304. The van der Waals surface area contributed by atoms with Crippen LogP contribution in [0.3, 0.4) is 0 Å². The maximum absolute atomic E-state index is 11.0. The van der Waals surface area contributed by atoms with Gasteiger partial charge in [-0.3, -0.25) is 9.48 Å². The summed E-state index contributed by atoms with van der Waals surface area (Å²) in [6.45, 7) is 3.48. The number of benzene rings is 2. The lowest BCUT2D eigenvalue weighted by Gasteiger charge is -2.11. The average Bonchev–Trinajstić information content (AvgIpc) is 3.12. The largest absolute Gasteiger partial charge is 0.489 e. The first kappa shape index (κ1) is 20.4. The second-order valence-electron chi connectivity index (χ2n) is 6.66. The number of carboxylic acid groups (broad SMARTS) is 1. The minimum atomic E-state index is -0.862. The second-order valence-corrected chi connectivity index (χ2v) is 6.66. The summed E-state index contributed by atoms with van der Waals surface area (Å²) >= 11 is 0. The Hall–Kier alpha value is -3.30. The predicted molar refractivity (Wildman–Crippen MR) is 111 cm³/mol. The molecule has 0 bridgehead atoms. The van der Waals surface area contributed by atoms with Gasteiger partial charge in [0.2, 0.25) is 0 Å². The predicted octanol–water partition coefficient (Wildman–Crippen LogP) is 3.84. The lowest BCUT2D eigenvalue weighted by Crippen LogP contribution is -2.05. The van der Waals surface area contributed by atoms with Gasteiger partial charge in [0, 0.05) is 12.5 Å². The Morgan fingerprint density at radius 3 is 2.72 bits per heavy atom. The van der Waals surface area contributed by atoms with Crippen molar-refractivity contribution in [1.29, 1.82) is 0 Å². The Morgan fingerprint density at radius 1 is 1.24 bits per heavy atom. The van der Waals surface area contributed by atoms with Gasteiger partial charge in [-0.1, -0.05) is 24.1 Å². The summed E-state index contributed by atoms with van der Waals surface area (Å²) in [6.07, 6.45) is 1.83. The van der Waals surface area contributed by atoms with Gasteiger partial charge in [-0.2, -0.15) is 5.10 Å². The topological polar surface area (TPSA) is 73.6 Å². The van der Waals surface area contributed by atoms with Gasteiger partial charge in [0.15, 0.2) is 0 Å². The molecule has 1 aromatic heterocycles. The average molecular weight is 392 g/mol. The molecule has 1 heterocycles. The molecule has 1 atom stereocenters. The third kappa shape index (κ3) is 5.37. The van der Waals surface area contributed by atoms with E-state index in [4.69, 9.17) is 14.6 Å². The highest BCUT2D eigenvalue weighted by Crippen LogP contribution is 2.23. The fourth-order valence-corrected chi connectivity index (χ4v) is 3.15. The number of aliphatic carboxylic acids is 1. The molecule has 0 amide bonds. The summed E-state index contributed by atoms with van der Waals surface area (Å²) < 4.78 is 12.9. The Morgan fingerprint density at radius 2 is 2.03 bits per heavy atom.